The molecule has 1 aromatic heterocycles. The minimum absolute atomic E-state index is 0.0757. The van der Waals surface area contributed by atoms with Crippen LogP contribution in [-0.4, -0.2) is 31.7 Å². The Morgan fingerprint density at radius 3 is 2.63 bits per heavy atom. The Balaban J connectivity index is 1.14. The molecule has 184 valence electrons. The summed E-state index contributed by atoms with van der Waals surface area (Å²) in [4.78, 5) is 13.2. The van der Waals surface area contributed by atoms with E-state index in [9.17, 15) is 13.2 Å². The maximum Gasteiger partial charge on any atom is 0.243 e. The molecule has 3 aromatic rings. The van der Waals surface area contributed by atoms with E-state index in [1.165, 1.54) is 9.87 Å². The van der Waals surface area contributed by atoms with Gasteiger partial charge in [0.15, 0.2) is 0 Å². The summed E-state index contributed by atoms with van der Waals surface area (Å²) in [5.74, 6) is 0.465. The number of nitrogens with one attached hydrogen (secondary N) is 1. The molecule has 2 heterocycles. The Morgan fingerprint density at radius 2 is 1.83 bits per heavy atom. The van der Waals surface area contributed by atoms with Crippen molar-refractivity contribution < 1.29 is 22.4 Å². The van der Waals surface area contributed by atoms with Crippen molar-refractivity contribution in [1.82, 2.24) is 4.31 Å². The molecule has 0 atom stereocenters. The van der Waals surface area contributed by atoms with Crippen LogP contribution in [0.3, 0.4) is 0 Å². The van der Waals surface area contributed by atoms with Crippen LogP contribution in [0.5, 0.6) is 0 Å². The number of sulfonamides is 1. The van der Waals surface area contributed by atoms with Crippen molar-refractivity contribution in [2.24, 2.45) is 5.92 Å². The van der Waals surface area contributed by atoms with E-state index >= 15 is 0 Å². The molecule has 7 nitrogen and oxygen atoms in total. The zero-order chi connectivity index (χ0) is 24.3. The van der Waals surface area contributed by atoms with E-state index in [1.807, 2.05) is 48.5 Å². The van der Waals surface area contributed by atoms with Crippen LogP contribution in [0.2, 0.25) is 0 Å². The predicted octanol–water partition coefficient (Wildman–Crippen LogP) is 4.52. The monoisotopic (exact) mass is 494 g/mol. The first kappa shape index (κ1) is 23.8. The number of rotatable bonds is 8. The van der Waals surface area contributed by atoms with Gasteiger partial charge in [-0.1, -0.05) is 18.2 Å². The summed E-state index contributed by atoms with van der Waals surface area (Å²) < 4.78 is 38.8. The van der Waals surface area contributed by atoms with Gasteiger partial charge in [0, 0.05) is 24.7 Å². The number of aryl methyl sites for hydroxylation is 2. The molecule has 0 bridgehead atoms. The molecule has 8 heteroatoms. The summed E-state index contributed by atoms with van der Waals surface area (Å²) in [6.45, 7) is 1.48. The van der Waals surface area contributed by atoms with Crippen LogP contribution in [-0.2, 0) is 45.6 Å². The summed E-state index contributed by atoms with van der Waals surface area (Å²) >= 11 is 0. The second-order valence-corrected chi connectivity index (χ2v) is 11.2. The number of piperidine rings is 1. The topological polar surface area (TPSA) is 88.8 Å². The number of hydrogen-bond donors (Lipinski definition) is 1. The smallest absolute Gasteiger partial charge is 0.243 e. The van der Waals surface area contributed by atoms with Crippen LogP contribution in [0.4, 0.5) is 5.69 Å². The number of benzene rings is 2. The molecule has 1 aliphatic carbocycles. The van der Waals surface area contributed by atoms with Crippen molar-refractivity contribution >= 4 is 21.6 Å². The van der Waals surface area contributed by atoms with Crippen LogP contribution >= 0.6 is 0 Å². The van der Waals surface area contributed by atoms with E-state index in [-0.39, 0.29) is 11.8 Å². The minimum Gasteiger partial charge on any atom is -0.467 e. The van der Waals surface area contributed by atoms with E-state index in [4.69, 9.17) is 9.15 Å². The van der Waals surface area contributed by atoms with Gasteiger partial charge >= 0.3 is 0 Å². The van der Waals surface area contributed by atoms with Crippen molar-refractivity contribution in [2.75, 3.05) is 18.4 Å². The fourth-order valence-electron chi connectivity index (χ4n) is 4.86. The third-order valence-electron chi connectivity index (χ3n) is 6.82. The molecule has 0 unspecified atom stereocenters. The molecule has 1 aliphatic heterocycles. The second kappa shape index (κ2) is 10.4. The Labute approximate surface area is 206 Å². The largest absolute Gasteiger partial charge is 0.467 e. The number of nitrogens with zero attached hydrogens (tertiary/aromatic N) is 1. The molecule has 5 rings (SSSR count). The number of furan rings is 1. The van der Waals surface area contributed by atoms with Crippen LogP contribution in [0.25, 0.3) is 0 Å². The van der Waals surface area contributed by atoms with E-state index in [0.29, 0.717) is 49.7 Å². The average Bonchev–Trinajstić information content (AvgIpc) is 3.56. The first-order valence-electron chi connectivity index (χ1n) is 12.1. The van der Waals surface area contributed by atoms with Gasteiger partial charge < -0.3 is 14.5 Å². The lowest BCUT2D eigenvalue weighted by atomic mass is 9.97. The quantitative estimate of drug-likeness (QED) is 0.497. The fraction of sp³-hybridized carbons (Fsp3) is 0.370. The normalized spacial score (nSPS) is 16.8. The van der Waals surface area contributed by atoms with Crippen LogP contribution in [0.1, 0.15) is 41.7 Å². The minimum atomic E-state index is -3.54. The van der Waals surface area contributed by atoms with E-state index < -0.39 is 10.0 Å². The lowest BCUT2D eigenvalue weighted by molar-refractivity contribution is -0.120. The summed E-state index contributed by atoms with van der Waals surface area (Å²) in [6, 6.07) is 16.8. The molecule has 0 saturated carbocycles. The highest BCUT2D eigenvalue weighted by atomic mass is 32.2. The zero-order valence-corrected chi connectivity index (χ0v) is 20.4. The second-order valence-electron chi connectivity index (χ2n) is 9.22. The lowest BCUT2D eigenvalue weighted by Gasteiger charge is -2.30. The Hall–Kier alpha value is -2.94. The van der Waals surface area contributed by atoms with Gasteiger partial charge in [0.2, 0.25) is 15.9 Å². The fourth-order valence-corrected chi connectivity index (χ4v) is 6.38. The number of carbonyl (C=O) groups excluding carboxylic acids is 1. The number of carbonyl (C=O) groups is 1. The Morgan fingerprint density at radius 1 is 1.00 bits per heavy atom. The number of fused-ring (bicyclic) bond motifs is 1. The van der Waals surface area contributed by atoms with Gasteiger partial charge in [-0.3, -0.25) is 4.79 Å². The zero-order valence-electron chi connectivity index (χ0n) is 19.6. The van der Waals surface area contributed by atoms with E-state index in [0.717, 1.165) is 36.1 Å². The first-order chi connectivity index (χ1) is 17.0. The first-order valence-corrected chi connectivity index (χ1v) is 13.5. The SMILES string of the molecule is O=C(Nc1cccc(COCc2ccco2)c1)C1CCN(S(=O)(=O)c2ccc3c(c2)CCC3)CC1. The summed E-state index contributed by atoms with van der Waals surface area (Å²) in [5.41, 5.74) is 4.06. The summed E-state index contributed by atoms with van der Waals surface area (Å²) in [5, 5.41) is 2.99. The average molecular weight is 495 g/mol. The van der Waals surface area contributed by atoms with Crippen LogP contribution in [0.15, 0.2) is 70.2 Å². The van der Waals surface area contributed by atoms with Crippen molar-refractivity contribution in [1.29, 1.82) is 0 Å². The molecule has 2 aromatic carbocycles. The molecule has 35 heavy (non-hydrogen) atoms. The standard InChI is InChI=1S/C27H30N2O5S/c30-27(28-24-7-1-4-20(16-24)18-33-19-25-8-3-15-34-25)22-11-13-29(14-12-22)35(31,32)26-10-9-21-5-2-6-23(21)17-26/h1,3-4,7-10,15-17,22H,2,5-6,11-14,18-19H2,(H,28,30). The molecule has 1 saturated heterocycles. The van der Waals surface area contributed by atoms with Gasteiger partial charge in [-0.2, -0.15) is 4.31 Å². The van der Waals surface area contributed by atoms with Gasteiger partial charge in [-0.15, -0.1) is 0 Å². The Bertz CT molecular complexity index is 1280. The van der Waals surface area contributed by atoms with Gasteiger partial charge in [-0.25, -0.2) is 8.42 Å². The molecular weight excluding hydrogens is 464 g/mol. The van der Waals surface area contributed by atoms with Gasteiger partial charge in [0.1, 0.15) is 12.4 Å². The summed E-state index contributed by atoms with van der Waals surface area (Å²) in [6.07, 6.45) is 5.67. The van der Waals surface area contributed by atoms with Crippen molar-refractivity contribution in [3.63, 3.8) is 0 Å². The molecular formula is C27H30N2O5S. The predicted molar refractivity (Wildman–Crippen MR) is 132 cm³/mol. The molecule has 1 amide bonds. The van der Waals surface area contributed by atoms with E-state index in [2.05, 4.69) is 5.32 Å². The third-order valence-corrected chi connectivity index (χ3v) is 8.71. The van der Waals surface area contributed by atoms with Crippen molar-refractivity contribution in [3.8, 4) is 0 Å². The molecule has 2 aliphatic rings. The molecule has 0 spiro atoms. The highest BCUT2D eigenvalue weighted by molar-refractivity contribution is 7.89. The van der Waals surface area contributed by atoms with E-state index in [1.54, 1.807) is 12.3 Å². The molecule has 1 fully saturated rings. The number of amides is 1. The molecule has 1 N–H and O–H groups in total. The van der Waals surface area contributed by atoms with Gasteiger partial charge in [0.25, 0.3) is 0 Å². The molecule has 0 radical (unpaired) electrons. The third kappa shape index (κ3) is 5.50. The van der Waals surface area contributed by atoms with Crippen LogP contribution < -0.4 is 5.32 Å². The highest BCUT2D eigenvalue weighted by Crippen LogP contribution is 2.29. The van der Waals surface area contributed by atoms with Crippen LogP contribution in [0, 0.1) is 5.92 Å². The number of anilines is 1. The highest BCUT2D eigenvalue weighted by Gasteiger charge is 2.32. The lowest BCUT2D eigenvalue weighted by Crippen LogP contribution is -2.41. The van der Waals surface area contributed by atoms with Gasteiger partial charge in [0.05, 0.1) is 17.8 Å². The van der Waals surface area contributed by atoms with Crippen molar-refractivity contribution in [2.45, 2.75) is 50.2 Å². The van der Waals surface area contributed by atoms with Crippen molar-refractivity contribution in [3.05, 3.63) is 83.3 Å². The maximum absolute atomic E-state index is 13.2. The number of ether oxygens (including phenoxy) is 1. The van der Waals surface area contributed by atoms with Gasteiger partial charge in [-0.05, 0) is 85.2 Å². The maximum atomic E-state index is 13.2. The summed E-state index contributed by atoms with van der Waals surface area (Å²) in [7, 11) is -3.54. The Kier molecular flexibility index (Phi) is 7.04. The number of hydrogen-bond acceptors (Lipinski definition) is 5.